The Hall–Kier alpha value is -2.24. The van der Waals surface area contributed by atoms with Crippen molar-refractivity contribution in [2.75, 3.05) is 34.0 Å². The molecule has 1 aromatic heterocycles. The normalized spacial score (nSPS) is 21.6. The highest BCUT2D eigenvalue weighted by Crippen LogP contribution is 2.52. The molecule has 1 aromatic rings. The highest BCUT2D eigenvalue weighted by Gasteiger charge is 2.49. The first-order valence-corrected chi connectivity index (χ1v) is 16.6. The van der Waals surface area contributed by atoms with Crippen molar-refractivity contribution in [3.05, 3.63) is 45.0 Å². The van der Waals surface area contributed by atoms with Crippen molar-refractivity contribution in [2.24, 2.45) is 0 Å². The molecule has 0 saturated carbocycles. The fourth-order valence-corrected chi connectivity index (χ4v) is 6.84. The molecule has 2 rings (SSSR count). The molecule has 43 heavy (non-hydrogen) atoms. The first kappa shape index (κ1) is 36.9. The van der Waals surface area contributed by atoms with Crippen LogP contribution in [0.2, 0.25) is 0 Å². The Morgan fingerprint density at radius 1 is 1.23 bits per heavy atom. The molecule has 0 bridgehead atoms. The van der Waals surface area contributed by atoms with Gasteiger partial charge in [-0.25, -0.2) is 9.46 Å². The summed E-state index contributed by atoms with van der Waals surface area (Å²) < 4.78 is 51.4. The number of carbonyl (C=O) groups excluding carboxylic acids is 1. The quantitative estimate of drug-likeness (QED) is 0.176. The van der Waals surface area contributed by atoms with E-state index in [4.69, 9.17) is 32.8 Å². The predicted octanol–water partition coefficient (Wildman–Crippen LogP) is 3.01. The third kappa shape index (κ3) is 11.0. The zero-order valence-electron chi connectivity index (χ0n) is 25.6. The van der Waals surface area contributed by atoms with Gasteiger partial charge in [0, 0.05) is 64.5 Å². The van der Waals surface area contributed by atoms with Crippen molar-refractivity contribution in [1.29, 1.82) is 5.26 Å². The molecule has 0 radical (unpaired) electrons. The standard InChI is InChI=1S/C26H43N5O10P2/c1-18(2)31(19(3)4)42(39-16-8-12-27)41-23-21(11-17-43(35,36-6)37-7)40-25(30-14-10-22(33)29-26(30)34)24(23)38-15-9-13-28-20(5)32/h10-11,14,17-19,21,23-25H,8-9,13,15-16H2,1-7H3,(H,28,32)(H,29,33,34)/b17-11+/t21-,23-,24-,25-,42?/m1/s1. The molecule has 0 aromatic carbocycles. The number of amides is 1. The van der Waals surface area contributed by atoms with Gasteiger partial charge < -0.3 is 32.9 Å². The average molecular weight is 648 g/mol. The second kappa shape index (κ2) is 17.9. The maximum absolute atomic E-state index is 12.9. The van der Waals surface area contributed by atoms with Crippen LogP contribution in [0, 0.1) is 11.3 Å². The lowest BCUT2D eigenvalue weighted by atomic mass is 10.1. The van der Waals surface area contributed by atoms with E-state index in [1.165, 1.54) is 49.9 Å². The van der Waals surface area contributed by atoms with E-state index in [-0.39, 0.29) is 37.6 Å². The molecule has 1 fully saturated rings. The number of nitrogens with zero attached hydrogens (tertiary/aromatic N) is 3. The zero-order valence-corrected chi connectivity index (χ0v) is 27.4. The summed E-state index contributed by atoms with van der Waals surface area (Å²) in [6.45, 7) is 9.97. The Balaban J connectivity index is 2.60. The lowest BCUT2D eigenvalue weighted by Gasteiger charge is -2.38. The number of rotatable bonds is 18. The molecule has 1 unspecified atom stereocenters. The SMILES string of the molecule is COP(=O)(/C=C/[C@H]1O[C@@H](n2ccc(=O)[nH]c2=O)[C@H](OCCCNC(C)=O)[C@@H]1OP(OCCC#N)N(C(C)C)C(C)C)OC. The molecule has 5 atom stereocenters. The predicted molar refractivity (Wildman–Crippen MR) is 159 cm³/mol. The van der Waals surface area contributed by atoms with Gasteiger partial charge in [0.1, 0.15) is 18.3 Å². The minimum Gasteiger partial charge on any atom is -0.371 e. The zero-order chi connectivity index (χ0) is 32.2. The monoisotopic (exact) mass is 647 g/mol. The lowest BCUT2D eigenvalue weighted by Crippen LogP contribution is -2.41. The van der Waals surface area contributed by atoms with E-state index in [1.807, 2.05) is 32.4 Å². The summed E-state index contributed by atoms with van der Waals surface area (Å²) in [5.74, 6) is 1.05. The summed E-state index contributed by atoms with van der Waals surface area (Å²) in [7, 11) is -2.93. The van der Waals surface area contributed by atoms with Gasteiger partial charge in [-0.2, -0.15) is 5.26 Å². The van der Waals surface area contributed by atoms with Crippen molar-refractivity contribution < 1.29 is 36.9 Å². The second-order valence-electron chi connectivity index (χ2n) is 10.0. The number of carbonyl (C=O) groups is 1. The summed E-state index contributed by atoms with van der Waals surface area (Å²) in [4.78, 5) is 38.2. The lowest BCUT2D eigenvalue weighted by molar-refractivity contribution is -0.119. The fourth-order valence-electron chi connectivity index (χ4n) is 4.31. The van der Waals surface area contributed by atoms with E-state index in [0.29, 0.717) is 13.0 Å². The second-order valence-corrected chi connectivity index (χ2v) is 13.6. The van der Waals surface area contributed by atoms with Crippen LogP contribution in [0.5, 0.6) is 0 Å². The van der Waals surface area contributed by atoms with Gasteiger partial charge in [0.15, 0.2) is 6.23 Å². The number of hydrogen-bond donors (Lipinski definition) is 2. The van der Waals surface area contributed by atoms with E-state index in [0.717, 1.165) is 0 Å². The number of nitriles is 1. The fraction of sp³-hybridized carbons (Fsp3) is 0.692. The van der Waals surface area contributed by atoms with Crippen LogP contribution in [-0.2, 0) is 36.9 Å². The number of nitrogens with one attached hydrogen (secondary N) is 2. The molecule has 15 nitrogen and oxygen atoms in total. The highest BCUT2D eigenvalue weighted by atomic mass is 31.2. The first-order valence-electron chi connectivity index (χ1n) is 13.9. The van der Waals surface area contributed by atoms with Crippen molar-refractivity contribution in [2.45, 2.75) is 84.1 Å². The number of hydrogen-bond acceptors (Lipinski definition) is 12. The Morgan fingerprint density at radius 3 is 2.47 bits per heavy atom. The summed E-state index contributed by atoms with van der Waals surface area (Å²) >= 11 is 0. The molecule has 242 valence electrons. The molecule has 1 aliphatic heterocycles. The van der Waals surface area contributed by atoms with Crippen LogP contribution in [0.15, 0.2) is 33.7 Å². The third-order valence-electron chi connectivity index (χ3n) is 6.20. The van der Waals surface area contributed by atoms with Gasteiger partial charge in [0.05, 0.1) is 19.1 Å². The Morgan fingerprint density at radius 2 is 1.91 bits per heavy atom. The number of aromatic amines is 1. The topological polar surface area (TPSA) is 183 Å². The molecule has 2 N–H and O–H groups in total. The molecular weight excluding hydrogens is 604 g/mol. The maximum atomic E-state index is 12.9. The molecule has 0 spiro atoms. The molecular formula is C26H43N5O10P2. The first-order chi connectivity index (χ1) is 20.4. The van der Waals surface area contributed by atoms with E-state index in [9.17, 15) is 18.9 Å². The minimum atomic E-state index is -3.62. The molecule has 0 aliphatic carbocycles. The van der Waals surface area contributed by atoms with Crippen LogP contribution in [0.1, 0.15) is 53.7 Å². The third-order valence-corrected chi connectivity index (χ3v) is 9.88. The van der Waals surface area contributed by atoms with Gasteiger partial charge in [-0.15, -0.1) is 0 Å². The summed E-state index contributed by atoms with van der Waals surface area (Å²) in [6.07, 6.45) is -0.581. The van der Waals surface area contributed by atoms with E-state index < -0.39 is 51.9 Å². The molecule has 1 saturated heterocycles. The molecule has 1 amide bonds. The van der Waals surface area contributed by atoms with Crippen molar-refractivity contribution in [3.63, 3.8) is 0 Å². The van der Waals surface area contributed by atoms with Gasteiger partial charge in [-0.3, -0.25) is 23.7 Å². The molecule has 17 heteroatoms. The Bertz CT molecular complexity index is 1250. The number of aromatic nitrogens is 2. The maximum Gasteiger partial charge on any atom is 0.353 e. The van der Waals surface area contributed by atoms with Gasteiger partial charge >= 0.3 is 13.3 Å². The van der Waals surface area contributed by atoms with Crippen LogP contribution in [-0.4, -0.2) is 84.5 Å². The Labute approximate surface area is 252 Å². The van der Waals surface area contributed by atoms with Gasteiger partial charge in [-0.1, -0.05) is 0 Å². The van der Waals surface area contributed by atoms with Gasteiger partial charge in [0.25, 0.3) is 14.1 Å². The summed E-state index contributed by atoms with van der Waals surface area (Å²) in [5, 5.41) is 11.8. The smallest absolute Gasteiger partial charge is 0.353 e. The molecule has 1 aliphatic rings. The van der Waals surface area contributed by atoms with Crippen LogP contribution in [0.4, 0.5) is 0 Å². The number of H-pyrrole nitrogens is 1. The average Bonchev–Trinajstić information content (AvgIpc) is 3.27. The van der Waals surface area contributed by atoms with E-state index in [1.54, 1.807) is 0 Å². The molecule has 2 heterocycles. The van der Waals surface area contributed by atoms with E-state index >= 15 is 0 Å². The van der Waals surface area contributed by atoms with Gasteiger partial charge in [0.2, 0.25) is 5.91 Å². The van der Waals surface area contributed by atoms with E-state index in [2.05, 4.69) is 16.4 Å². The number of ether oxygens (including phenoxy) is 2. The van der Waals surface area contributed by atoms with Crippen molar-refractivity contribution in [3.8, 4) is 6.07 Å². The van der Waals surface area contributed by atoms with Crippen LogP contribution in [0.3, 0.4) is 0 Å². The van der Waals surface area contributed by atoms with Crippen LogP contribution in [0.25, 0.3) is 0 Å². The van der Waals surface area contributed by atoms with Crippen LogP contribution >= 0.6 is 16.1 Å². The Kier molecular flexibility index (Phi) is 15.4. The van der Waals surface area contributed by atoms with Crippen molar-refractivity contribution >= 4 is 22.0 Å². The van der Waals surface area contributed by atoms with Crippen LogP contribution < -0.4 is 16.6 Å². The largest absolute Gasteiger partial charge is 0.371 e. The summed E-state index contributed by atoms with van der Waals surface area (Å²) in [6, 6.07) is 3.22. The summed E-state index contributed by atoms with van der Waals surface area (Å²) in [5.41, 5.74) is -1.32. The van der Waals surface area contributed by atoms with Gasteiger partial charge in [-0.05, 0) is 40.2 Å². The highest BCUT2D eigenvalue weighted by molar-refractivity contribution is 7.57. The minimum absolute atomic E-state index is 0.0126. The van der Waals surface area contributed by atoms with Crippen molar-refractivity contribution in [1.82, 2.24) is 19.5 Å².